The Morgan fingerprint density at radius 3 is 2.56 bits per heavy atom. The summed E-state index contributed by atoms with van der Waals surface area (Å²) in [6.45, 7) is 3.62. The standard InChI is InChI=1S/C23H24FN5O5/c1-2-34-22(31)19-20(15-6-5-7-16(14-15)29(32)33)25-23(26-21(19)30)28-12-10-27(11-13-28)18-9-4-3-8-17(18)24/h3-9,14,19-20H,2,10-13H2,1H3,(H,25,26,30)/t19-,20-/m1/s1. The second kappa shape index (κ2) is 9.86. The maximum Gasteiger partial charge on any atom is 0.321 e. The Labute approximate surface area is 195 Å². The molecule has 0 saturated carbocycles. The van der Waals surface area contributed by atoms with Gasteiger partial charge in [0.1, 0.15) is 11.9 Å². The summed E-state index contributed by atoms with van der Waals surface area (Å²) in [7, 11) is 0. The minimum Gasteiger partial charge on any atom is -0.465 e. The number of esters is 1. The smallest absolute Gasteiger partial charge is 0.321 e. The number of nitrogens with one attached hydrogen (secondary N) is 1. The molecule has 0 spiro atoms. The lowest BCUT2D eigenvalue weighted by atomic mass is 9.91. The van der Waals surface area contributed by atoms with E-state index in [1.165, 1.54) is 24.3 Å². The molecule has 0 unspecified atom stereocenters. The molecule has 0 radical (unpaired) electrons. The van der Waals surface area contributed by atoms with Gasteiger partial charge in [-0.3, -0.25) is 25.0 Å². The Bertz CT molecular complexity index is 1130. The molecule has 2 heterocycles. The first kappa shape index (κ1) is 23.1. The fraction of sp³-hybridized carbons (Fsp3) is 0.348. The zero-order valence-corrected chi connectivity index (χ0v) is 18.5. The highest BCUT2D eigenvalue weighted by Crippen LogP contribution is 2.33. The van der Waals surface area contributed by atoms with Crippen LogP contribution >= 0.6 is 0 Å². The van der Waals surface area contributed by atoms with Crippen molar-refractivity contribution in [3.05, 3.63) is 70.0 Å². The predicted octanol–water partition coefficient (Wildman–Crippen LogP) is 2.26. The number of para-hydroxylation sites is 1. The lowest BCUT2D eigenvalue weighted by Gasteiger charge is -2.39. The molecule has 1 N–H and O–H groups in total. The third-order valence-corrected chi connectivity index (χ3v) is 5.83. The first-order valence-electron chi connectivity index (χ1n) is 10.9. The topological polar surface area (TPSA) is 117 Å². The number of rotatable bonds is 5. The average Bonchev–Trinajstić information content (AvgIpc) is 2.84. The van der Waals surface area contributed by atoms with Crippen LogP contribution in [0.25, 0.3) is 0 Å². The van der Waals surface area contributed by atoms with Gasteiger partial charge < -0.3 is 14.5 Å². The van der Waals surface area contributed by atoms with E-state index in [4.69, 9.17) is 4.74 Å². The van der Waals surface area contributed by atoms with E-state index in [9.17, 15) is 24.1 Å². The van der Waals surface area contributed by atoms with Crippen molar-refractivity contribution in [1.82, 2.24) is 10.2 Å². The van der Waals surface area contributed by atoms with Gasteiger partial charge in [-0.2, -0.15) is 0 Å². The quantitative estimate of drug-likeness (QED) is 0.309. The van der Waals surface area contributed by atoms with E-state index in [-0.39, 0.29) is 24.1 Å². The summed E-state index contributed by atoms with van der Waals surface area (Å²) < 4.78 is 19.2. The number of amides is 1. The number of benzene rings is 2. The number of carbonyl (C=O) groups is 2. The first-order valence-corrected chi connectivity index (χ1v) is 10.9. The van der Waals surface area contributed by atoms with E-state index in [1.54, 1.807) is 31.2 Å². The van der Waals surface area contributed by atoms with Crippen LogP contribution in [0.2, 0.25) is 0 Å². The van der Waals surface area contributed by atoms with Gasteiger partial charge in [0.15, 0.2) is 5.92 Å². The molecule has 2 aliphatic heterocycles. The zero-order valence-electron chi connectivity index (χ0n) is 18.5. The number of nitro groups is 1. The van der Waals surface area contributed by atoms with Crippen LogP contribution in [-0.2, 0) is 14.3 Å². The minimum atomic E-state index is -1.27. The number of nitrogens with zero attached hydrogens (tertiary/aromatic N) is 4. The number of ether oxygens (including phenoxy) is 1. The van der Waals surface area contributed by atoms with Crippen molar-refractivity contribution in [2.24, 2.45) is 10.9 Å². The van der Waals surface area contributed by atoms with Crippen molar-refractivity contribution in [1.29, 1.82) is 0 Å². The SMILES string of the molecule is CCOC(=O)[C@H]1C(=O)NC(N2CCN(c3ccccc3F)CC2)=N[C@@H]1c1cccc([N+](=O)[O-])c1. The average molecular weight is 469 g/mol. The van der Waals surface area contributed by atoms with Gasteiger partial charge in [-0.1, -0.05) is 24.3 Å². The molecule has 2 aliphatic rings. The summed E-state index contributed by atoms with van der Waals surface area (Å²) in [5, 5.41) is 13.9. The second-order valence-electron chi connectivity index (χ2n) is 7.89. The molecule has 2 aromatic rings. The molecular weight excluding hydrogens is 445 g/mol. The first-order chi connectivity index (χ1) is 16.4. The van der Waals surface area contributed by atoms with E-state index in [0.29, 0.717) is 37.4 Å². The van der Waals surface area contributed by atoms with Crippen molar-refractivity contribution in [3.8, 4) is 0 Å². The van der Waals surface area contributed by atoms with Gasteiger partial charge in [-0.25, -0.2) is 9.38 Å². The molecule has 34 heavy (non-hydrogen) atoms. The van der Waals surface area contributed by atoms with E-state index in [1.807, 2.05) is 9.80 Å². The number of anilines is 1. The van der Waals surface area contributed by atoms with Crippen LogP contribution in [0, 0.1) is 21.8 Å². The number of nitro benzene ring substituents is 1. The molecule has 0 aliphatic carbocycles. The summed E-state index contributed by atoms with van der Waals surface area (Å²) in [6.07, 6.45) is 0. The summed E-state index contributed by atoms with van der Waals surface area (Å²) in [6, 6.07) is 11.3. The van der Waals surface area contributed by atoms with Gasteiger partial charge in [0.05, 0.1) is 17.2 Å². The molecule has 10 nitrogen and oxygen atoms in total. The third-order valence-electron chi connectivity index (χ3n) is 5.83. The molecule has 1 saturated heterocycles. The Hall–Kier alpha value is -4.02. The normalized spacial score (nSPS) is 20.4. The minimum absolute atomic E-state index is 0.0822. The molecule has 1 amide bonds. The highest BCUT2D eigenvalue weighted by molar-refractivity contribution is 6.08. The number of piperazine rings is 1. The van der Waals surface area contributed by atoms with E-state index < -0.39 is 28.8 Å². The molecule has 2 atom stereocenters. The molecule has 4 rings (SSSR count). The number of hydrogen-bond donors (Lipinski definition) is 1. The van der Waals surface area contributed by atoms with Crippen molar-refractivity contribution in [2.45, 2.75) is 13.0 Å². The van der Waals surface area contributed by atoms with Crippen LogP contribution in [0.15, 0.2) is 53.5 Å². The van der Waals surface area contributed by atoms with Crippen LogP contribution in [0.3, 0.4) is 0 Å². The van der Waals surface area contributed by atoms with E-state index >= 15 is 0 Å². The molecular formula is C23H24FN5O5. The molecule has 0 bridgehead atoms. The fourth-order valence-corrected chi connectivity index (χ4v) is 4.16. The van der Waals surface area contributed by atoms with Crippen molar-refractivity contribution < 1.29 is 23.6 Å². The summed E-state index contributed by atoms with van der Waals surface area (Å²) in [5.41, 5.74) is 0.708. The number of aliphatic imine (C=N–C) groups is 1. The second-order valence-corrected chi connectivity index (χ2v) is 7.89. The monoisotopic (exact) mass is 469 g/mol. The highest BCUT2D eigenvalue weighted by Gasteiger charge is 2.42. The maximum absolute atomic E-state index is 14.2. The van der Waals surface area contributed by atoms with Gasteiger partial charge >= 0.3 is 5.97 Å². The van der Waals surface area contributed by atoms with Crippen LogP contribution < -0.4 is 10.2 Å². The van der Waals surface area contributed by atoms with Gasteiger partial charge in [-0.05, 0) is 24.6 Å². The number of non-ortho nitro benzene ring substituents is 1. The van der Waals surface area contributed by atoms with Gasteiger partial charge in [-0.15, -0.1) is 0 Å². The number of carbonyl (C=O) groups excluding carboxylic acids is 2. The lowest BCUT2D eigenvalue weighted by molar-refractivity contribution is -0.384. The van der Waals surface area contributed by atoms with E-state index in [0.717, 1.165) is 0 Å². The summed E-state index contributed by atoms with van der Waals surface area (Å²) >= 11 is 0. The Morgan fingerprint density at radius 2 is 1.88 bits per heavy atom. The maximum atomic E-state index is 14.2. The van der Waals surface area contributed by atoms with Crippen LogP contribution in [0.4, 0.5) is 15.8 Å². The molecule has 11 heteroatoms. The Morgan fingerprint density at radius 1 is 1.18 bits per heavy atom. The summed E-state index contributed by atoms with van der Waals surface area (Å²) in [4.78, 5) is 44.7. The largest absolute Gasteiger partial charge is 0.465 e. The van der Waals surface area contributed by atoms with Gasteiger partial charge in [0.2, 0.25) is 11.9 Å². The third kappa shape index (κ3) is 4.68. The van der Waals surface area contributed by atoms with Crippen LogP contribution in [0.1, 0.15) is 18.5 Å². The van der Waals surface area contributed by atoms with Crippen molar-refractivity contribution >= 4 is 29.2 Å². The molecule has 2 aromatic carbocycles. The number of halogens is 1. The lowest BCUT2D eigenvalue weighted by Crippen LogP contribution is -2.57. The van der Waals surface area contributed by atoms with Gasteiger partial charge in [0.25, 0.3) is 5.69 Å². The highest BCUT2D eigenvalue weighted by atomic mass is 19.1. The predicted molar refractivity (Wildman–Crippen MR) is 122 cm³/mol. The van der Waals surface area contributed by atoms with Crippen molar-refractivity contribution in [2.75, 3.05) is 37.7 Å². The Kier molecular flexibility index (Phi) is 6.71. The zero-order chi connectivity index (χ0) is 24.2. The molecule has 0 aromatic heterocycles. The molecule has 178 valence electrons. The number of hydrogen-bond acceptors (Lipinski definition) is 8. The number of guanidine groups is 1. The van der Waals surface area contributed by atoms with Crippen molar-refractivity contribution in [3.63, 3.8) is 0 Å². The van der Waals surface area contributed by atoms with E-state index in [2.05, 4.69) is 10.3 Å². The van der Waals surface area contributed by atoms with Gasteiger partial charge in [0, 0.05) is 38.3 Å². The summed E-state index contributed by atoms with van der Waals surface area (Å²) in [5.74, 6) is -2.64. The fourth-order valence-electron chi connectivity index (χ4n) is 4.16. The van der Waals surface area contributed by atoms with Crippen LogP contribution in [-0.4, -0.2) is 60.4 Å². The Balaban J connectivity index is 1.60. The van der Waals surface area contributed by atoms with Crippen LogP contribution in [0.5, 0.6) is 0 Å². The molecule has 1 fully saturated rings.